The maximum absolute atomic E-state index is 13.2. The highest BCUT2D eigenvalue weighted by Crippen LogP contribution is 2.23. The van der Waals surface area contributed by atoms with Crippen LogP contribution in [0.2, 0.25) is 5.02 Å². The molecule has 0 saturated carbocycles. The number of aryl methyl sites for hydroxylation is 1. The molecular weight excluding hydrogens is 366 g/mol. The molecule has 0 saturated heterocycles. The molecule has 2 N–H and O–H groups in total. The van der Waals surface area contributed by atoms with E-state index in [0.29, 0.717) is 41.9 Å². The first-order valence-electron chi connectivity index (χ1n) is 8.78. The summed E-state index contributed by atoms with van der Waals surface area (Å²) < 4.78 is 1.99. The van der Waals surface area contributed by atoms with Crippen molar-refractivity contribution in [1.82, 2.24) is 24.4 Å². The number of nitrogens with one attached hydrogen (secondary N) is 1. The highest BCUT2D eigenvalue weighted by molar-refractivity contribution is 6.30. The average molecular weight is 386 g/mol. The van der Waals surface area contributed by atoms with Crippen LogP contribution in [0.1, 0.15) is 22.0 Å². The molecule has 0 aliphatic carbocycles. The zero-order chi connectivity index (χ0) is 19.0. The van der Waals surface area contributed by atoms with E-state index in [1.807, 2.05) is 29.8 Å². The summed E-state index contributed by atoms with van der Waals surface area (Å²) in [6, 6.07) is 7.33. The molecule has 140 valence electrons. The minimum atomic E-state index is -0.174. The van der Waals surface area contributed by atoms with Crippen molar-refractivity contribution < 1.29 is 9.90 Å². The van der Waals surface area contributed by atoms with E-state index in [1.165, 1.54) is 0 Å². The second kappa shape index (κ2) is 7.17. The normalized spacial score (nSPS) is 16.9. The quantitative estimate of drug-likeness (QED) is 0.725. The minimum absolute atomic E-state index is 0.00864. The third-order valence-corrected chi connectivity index (χ3v) is 5.03. The van der Waals surface area contributed by atoms with E-state index in [1.54, 1.807) is 23.2 Å². The molecule has 0 fully saturated rings. The fourth-order valence-electron chi connectivity index (χ4n) is 3.40. The van der Waals surface area contributed by atoms with Gasteiger partial charge in [0, 0.05) is 54.3 Å². The number of nitrogens with zero attached hydrogens (tertiary/aromatic N) is 4. The van der Waals surface area contributed by atoms with E-state index >= 15 is 0 Å². The monoisotopic (exact) mass is 385 g/mol. The Kier molecular flexibility index (Phi) is 4.72. The van der Waals surface area contributed by atoms with Gasteiger partial charge in [-0.25, -0.2) is 9.97 Å². The average Bonchev–Trinajstić information content (AvgIpc) is 3.22. The smallest absolute Gasteiger partial charge is 0.274 e. The zero-order valence-corrected chi connectivity index (χ0v) is 15.6. The molecule has 1 unspecified atom stereocenters. The maximum atomic E-state index is 13.2. The van der Waals surface area contributed by atoms with Crippen molar-refractivity contribution >= 4 is 17.5 Å². The lowest BCUT2D eigenvalue weighted by Crippen LogP contribution is -2.35. The van der Waals surface area contributed by atoms with Gasteiger partial charge >= 0.3 is 0 Å². The van der Waals surface area contributed by atoms with Gasteiger partial charge < -0.3 is 19.6 Å². The second-order valence-corrected chi connectivity index (χ2v) is 7.24. The van der Waals surface area contributed by atoms with E-state index in [-0.39, 0.29) is 18.4 Å². The number of rotatable bonds is 3. The number of hydrogen-bond acceptors (Lipinski definition) is 4. The van der Waals surface area contributed by atoms with Crippen LogP contribution in [-0.2, 0) is 13.1 Å². The molecule has 8 heteroatoms. The van der Waals surface area contributed by atoms with Gasteiger partial charge in [0.1, 0.15) is 17.3 Å². The molecule has 1 aromatic carbocycles. The van der Waals surface area contributed by atoms with Crippen molar-refractivity contribution in [3.05, 3.63) is 58.9 Å². The molecule has 1 aliphatic heterocycles. The molecule has 0 spiro atoms. The van der Waals surface area contributed by atoms with Crippen LogP contribution in [0.4, 0.5) is 0 Å². The fourth-order valence-corrected chi connectivity index (χ4v) is 3.59. The molecule has 1 atom stereocenters. The third-order valence-electron chi connectivity index (χ3n) is 4.80. The van der Waals surface area contributed by atoms with Crippen molar-refractivity contribution in [3.8, 4) is 11.4 Å². The summed E-state index contributed by atoms with van der Waals surface area (Å²) in [5, 5.41) is 10.3. The summed E-state index contributed by atoms with van der Waals surface area (Å²) in [5.74, 6) is 1.19. The molecule has 0 radical (unpaired) electrons. The molecular formula is C19H20ClN5O2. The number of hydrogen-bond donors (Lipinski definition) is 2. The van der Waals surface area contributed by atoms with Gasteiger partial charge in [-0.2, -0.15) is 0 Å². The number of aliphatic hydroxyl groups excluding tert-OH is 1. The summed E-state index contributed by atoms with van der Waals surface area (Å²) in [4.78, 5) is 26.9. The standard InChI is InChI=1S/C19H20ClN5O2/c1-12-17(23-18(22-12)14-3-2-4-15(20)7-14)19(27)25-9-13(11-26)8-24-6-5-21-16(24)10-25/h2-7,13,26H,8-11H2,1H3,(H,22,23). The molecule has 27 heavy (non-hydrogen) atoms. The third kappa shape index (κ3) is 3.48. The minimum Gasteiger partial charge on any atom is -0.396 e. The largest absolute Gasteiger partial charge is 0.396 e. The number of aromatic amines is 1. The Morgan fingerprint density at radius 3 is 3.04 bits per heavy atom. The highest BCUT2D eigenvalue weighted by atomic mass is 35.5. The van der Waals surface area contributed by atoms with Gasteiger partial charge in [-0.1, -0.05) is 23.7 Å². The summed E-state index contributed by atoms with van der Waals surface area (Å²) in [6.07, 6.45) is 3.60. The Hall–Kier alpha value is -2.64. The molecule has 2 aromatic heterocycles. The Balaban J connectivity index is 1.64. The number of aliphatic hydroxyl groups is 1. The fraction of sp³-hybridized carbons (Fsp3) is 0.316. The van der Waals surface area contributed by atoms with Gasteiger partial charge in [0.05, 0.1) is 6.54 Å². The van der Waals surface area contributed by atoms with Gasteiger partial charge in [0.2, 0.25) is 0 Å². The number of halogens is 1. The van der Waals surface area contributed by atoms with Gasteiger partial charge in [-0.15, -0.1) is 0 Å². The zero-order valence-electron chi connectivity index (χ0n) is 14.9. The molecule has 3 aromatic rings. The van der Waals surface area contributed by atoms with E-state index in [2.05, 4.69) is 15.0 Å². The Labute approximate surface area is 161 Å². The number of benzene rings is 1. The summed E-state index contributed by atoms with van der Waals surface area (Å²) in [5.41, 5.74) is 1.90. The highest BCUT2D eigenvalue weighted by Gasteiger charge is 2.28. The van der Waals surface area contributed by atoms with Gasteiger partial charge in [-0.3, -0.25) is 4.79 Å². The number of aromatic nitrogens is 4. The van der Waals surface area contributed by atoms with Crippen LogP contribution in [0.5, 0.6) is 0 Å². The van der Waals surface area contributed by atoms with E-state index in [0.717, 1.165) is 11.4 Å². The summed E-state index contributed by atoms with van der Waals surface area (Å²) >= 11 is 6.06. The number of carbonyl (C=O) groups excluding carboxylic acids is 1. The lowest BCUT2D eigenvalue weighted by molar-refractivity contribution is 0.0687. The van der Waals surface area contributed by atoms with Crippen LogP contribution < -0.4 is 0 Å². The first-order chi connectivity index (χ1) is 13.0. The number of carbonyl (C=O) groups is 1. The topological polar surface area (TPSA) is 87.0 Å². The van der Waals surface area contributed by atoms with Crippen molar-refractivity contribution in [1.29, 1.82) is 0 Å². The Morgan fingerprint density at radius 1 is 1.41 bits per heavy atom. The van der Waals surface area contributed by atoms with Crippen LogP contribution in [0.15, 0.2) is 36.7 Å². The van der Waals surface area contributed by atoms with E-state index in [9.17, 15) is 9.90 Å². The van der Waals surface area contributed by atoms with E-state index in [4.69, 9.17) is 11.6 Å². The predicted molar refractivity (Wildman–Crippen MR) is 101 cm³/mol. The molecule has 7 nitrogen and oxygen atoms in total. The van der Waals surface area contributed by atoms with Crippen molar-refractivity contribution in [2.24, 2.45) is 5.92 Å². The predicted octanol–water partition coefficient (Wildman–Crippen LogP) is 2.50. The lowest BCUT2D eigenvalue weighted by Gasteiger charge is -2.22. The van der Waals surface area contributed by atoms with Crippen LogP contribution >= 0.6 is 11.6 Å². The SMILES string of the molecule is Cc1[nH]c(-c2cccc(Cl)c2)nc1C(=O)N1Cc2nccn2CC(CO)C1. The van der Waals surface area contributed by atoms with E-state index < -0.39 is 0 Å². The van der Waals surface area contributed by atoms with Crippen molar-refractivity contribution in [2.45, 2.75) is 20.0 Å². The van der Waals surface area contributed by atoms with Gasteiger partial charge in [-0.05, 0) is 19.1 Å². The maximum Gasteiger partial charge on any atom is 0.274 e. The first kappa shape index (κ1) is 17.8. The van der Waals surface area contributed by atoms with Gasteiger partial charge in [0.15, 0.2) is 0 Å². The Bertz CT molecular complexity index is 980. The number of amides is 1. The second-order valence-electron chi connectivity index (χ2n) is 6.80. The lowest BCUT2D eigenvalue weighted by atomic mass is 10.1. The van der Waals surface area contributed by atoms with Crippen LogP contribution in [0, 0.1) is 12.8 Å². The van der Waals surface area contributed by atoms with Crippen molar-refractivity contribution in [2.75, 3.05) is 13.2 Å². The van der Waals surface area contributed by atoms with Crippen LogP contribution in [0.25, 0.3) is 11.4 Å². The molecule has 0 bridgehead atoms. The Morgan fingerprint density at radius 2 is 2.26 bits per heavy atom. The van der Waals surface area contributed by atoms with Gasteiger partial charge in [0.25, 0.3) is 5.91 Å². The number of H-pyrrole nitrogens is 1. The van der Waals surface area contributed by atoms with Crippen LogP contribution in [-0.4, -0.2) is 48.6 Å². The van der Waals surface area contributed by atoms with Crippen LogP contribution in [0.3, 0.4) is 0 Å². The summed E-state index contributed by atoms with van der Waals surface area (Å²) in [6.45, 7) is 3.33. The molecule has 1 amide bonds. The van der Waals surface area contributed by atoms with Crippen molar-refractivity contribution in [3.63, 3.8) is 0 Å². The number of fused-ring (bicyclic) bond motifs is 1. The molecule has 4 rings (SSSR count). The molecule has 3 heterocycles. The summed E-state index contributed by atoms with van der Waals surface area (Å²) in [7, 11) is 0. The first-order valence-corrected chi connectivity index (χ1v) is 9.15. The number of imidazole rings is 2. The molecule has 1 aliphatic rings.